The zero-order valence-electron chi connectivity index (χ0n) is 20.4. The molecule has 0 bridgehead atoms. The molecule has 0 atom stereocenters. The van der Waals surface area contributed by atoms with Gasteiger partial charge in [0.1, 0.15) is 5.82 Å². The van der Waals surface area contributed by atoms with Crippen molar-refractivity contribution in [3.63, 3.8) is 0 Å². The molecule has 0 saturated heterocycles. The number of hydrogen-bond donors (Lipinski definition) is 1. The van der Waals surface area contributed by atoms with Crippen molar-refractivity contribution in [2.24, 2.45) is 0 Å². The lowest BCUT2D eigenvalue weighted by Crippen LogP contribution is -2.11. The number of aromatic nitrogens is 2. The van der Waals surface area contributed by atoms with Gasteiger partial charge in [0, 0.05) is 18.7 Å². The summed E-state index contributed by atoms with van der Waals surface area (Å²) in [6.45, 7) is 4.76. The molecule has 4 rings (SSSR count). The molecule has 7 nitrogen and oxygen atoms in total. The molecule has 4 aromatic rings. The van der Waals surface area contributed by atoms with Crippen LogP contribution in [0.3, 0.4) is 0 Å². The summed E-state index contributed by atoms with van der Waals surface area (Å²) in [5, 5.41) is 2.76. The van der Waals surface area contributed by atoms with Crippen LogP contribution in [0.1, 0.15) is 40.7 Å². The Kier molecular flexibility index (Phi) is 7.15. The Morgan fingerprint density at radius 2 is 1.74 bits per heavy atom. The predicted molar refractivity (Wildman–Crippen MR) is 137 cm³/mol. The molecule has 35 heavy (non-hydrogen) atoms. The van der Waals surface area contributed by atoms with E-state index in [0.717, 1.165) is 52.0 Å². The third kappa shape index (κ3) is 5.04. The van der Waals surface area contributed by atoms with Crippen LogP contribution in [0.25, 0.3) is 22.2 Å². The Hall–Kier alpha value is -4.13. The smallest absolute Gasteiger partial charge is 0.411 e. The van der Waals surface area contributed by atoms with Gasteiger partial charge in [-0.1, -0.05) is 49.4 Å². The molecule has 0 spiro atoms. The van der Waals surface area contributed by atoms with Crippen LogP contribution in [-0.4, -0.2) is 35.8 Å². The number of carbonyl (C=O) groups excluding carboxylic acids is 2. The molecule has 180 valence electrons. The molecule has 0 aliphatic carbocycles. The molecule has 1 N–H and O–H groups in total. The first-order chi connectivity index (χ1) is 16.9. The minimum Gasteiger partial charge on any atom is -0.465 e. The van der Waals surface area contributed by atoms with Gasteiger partial charge >= 0.3 is 12.1 Å². The molecular weight excluding hydrogens is 442 g/mol. The number of nitrogens with zero attached hydrogens (tertiary/aromatic N) is 2. The average molecular weight is 472 g/mol. The van der Waals surface area contributed by atoms with E-state index in [1.54, 1.807) is 6.07 Å². The Bertz CT molecular complexity index is 1370. The number of hydrogen-bond acceptors (Lipinski definition) is 5. The number of aryl methyl sites for hydroxylation is 2. The van der Waals surface area contributed by atoms with Crippen LogP contribution in [-0.2, 0) is 22.4 Å². The van der Waals surface area contributed by atoms with Gasteiger partial charge in [-0.25, -0.2) is 14.6 Å². The molecule has 0 fully saturated rings. The Labute approximate surface area is 204 Å². The van der Waals surface area contributed by atoms with E-state index in [1.165, 1.54) is 14.2 Å². The number of esters is 1. The first-order valence-corrected chi connectivity index (χ1v) is 11.6. The summed E-state index contributed by atoms with van der Waals surface area (Å²) >= 11 is 0. The van der Waals surface area contributed by atoms with Gasteiger partial charge in [-0.05, 0) is 53.8 Å². The number of benzene rings is 3. The molecule has 3 aromatic carbocycles. The van der Waals surface area contributed by atoms with Crippen molar-refractivity contribution in [2.75, 3.05) is 19.5 Å². The van der Waals surface area contributed by atoms with Gasteiger partial charge in [-0.3, -0.25) is 5.32 Å². The van der Waals surface area contributed by atoms with Crippen LogP contribution >= 0.6 is 0 Å². The summed E-state index contributed by atoms with van der Waals surface area (Å²) in [6.07, 6.45) is 1.31. The van der Waals surface area contributed by atoms with E-state index >= 15 is 0 Å². The lowest BCUT2D eigenvalue weighted by molar-refractivity contribution is 0.0601. The second-order valence-electron chi connectivity index (χ2n) is 8.38. The fourth-order valence-corrected chi connectivity index (χ4v) is 4.27. The first-order valence-electron chi connectivity index (χ1n) is 11.6. The Morgan fingerprint density at radius 1 is 1.00 bits per heavy atom. The number of carbonyl (C=O) groups is 2. The molecule has 0 aliphatic rings. The fourth-order valence-electron chi connectivity index (χ4n) is 4.27. The molecule has 7 heteroatoms. The quantitative estimate of drug-likeness (QED) is 0.336. The van der Waals surface area contributed by atoms with Crippen LogP contribution in [0.2, 0.25) is 0 Å². The number of imidazole rings is 1. The van der Waals surface area contributed by atoms with Gasteiger partial charge in [0.25, 0.3) is 0 Å². The van der Waals surface area contributed by atoms with Crippen LogP contribution in [0.4, 0.5) is 10.5 Å². The summed E-state index contributed by atoms with van der Waals surface area (Å²) in [7, 11) is 2.73. The zero-order chi connectivity index (χ0) is 24.9. The number of anilines is 1. The van der Waals surface area contributed by atoms with E-state index in [2.05, 4.69) is 28.9 Å². The number of rotatable bonds is 7. The van der Waals surface area contributed by atoms with Crippen molar-refractivity contribution in [1.82, 2.24) is 9.55 Å². The number of fused-ring (bicyclic) bond motifs is 1. The molecule has 0 saturated carbocycles. The lowest BCUT2D eigenvalue weighted by atomic mass is 9.98. The van der Waals surface area contributed by atoms with E-state index in [-0.39, 0.29) is 5.97 Å². The average Bonchev–Trinajstić information content (AvgIpc) is 3.21. The fraction of sp³-hybridized carbons (Fsp3) is 0.250. The maximum Gasteiger partial charge on any atom is 0.411 e. The SMILES string of the molecule is CCCc1nc2c(C)cc(NC(=O)OC)cc2n1Cc1ccc(-c2ccccc2C(=O)OC)cc1. The topological polar surface area (TPSA) is 82.5 Å². The third-order valence-electron chi connectivity index (χ3n) is 5.97. The first kappa shape index (κ1) is 24.0. The van der Waals surface area contributed by atoms with Gasteiger partial charge < -0.3 is 14.0 Å². The van der Waals surface area contributed by atoms with Crippen molar-refractivity contribution in [2.45, 2.75) is 33.2 Å². The van der Waals surface area contributed by atoms with Gasteiger partial charge in [-0.2, -0.15) is 0 Å². The summed E-state index contributed by atoms with van der Waals surface area (Å²) in [5.74, 6) is 0.645. The number of nitrogens with one attached hydrogen (secondary N) is 1. The van der Waals surface area contributed by atoms with Crippen molar-refractivity contribution in [1.29, 1.82) is 0 Å². The Balaban J connectivity index is 1.70. The minimum absolute atomic E-state index is 0.356. The lowest BCUT2D eigenvalue weighted by Gasteiger charge is -2.12. The number of amides is 1. The van der Waals surface area contributed by atoms with E-state index < -0.39 is 6.09 Å². The van der Waals surface area contributed by atoms with E-state index in [0.29, 0.717) is 17.8 Å². The normalized spacial score (nSPS) is 10.9. The molecule has 0 unspecified atom stereocenters. The highest BCUT2D eigenvalue weighted by Crippen LogP contribution is 2.28. The third-order valence-corrected chi connectivity index (χ3v) is 5.97. The van der Waals surface area contributed by atoms with E-state index in [4.69, 9.17) is 14.5 Å². The van der Waals surface area contributed by atoms with Gasteiger partial charge in [-0.15, -0.1) is 0 Å². The molecule has 1 heterocycles. The van der Waals surface area contributed by atoms with E-state index in [1.807, 2.05) is 49.4 Å². The van der Waals surface area contributed by atoms with Crippen molar-refractivity contribution in [3.05, 3.63) is 83.2 Å². The maximum absolute atomic E-state index is 12.2. The second kappa shape index (κ2) is 10.4. The van der Waals surface area contributed by atoms with Gasteiger partial charge in [0.05, 0.1) is 30.8 Å². The van der Waals surface area contributed by atoms with Crippen molar-refractivity contribution in [3.8, 4) is 11.1 Å². The van der Waals surface area contributed by atoms with Crippen molar-refractivity contribution >= 4 is 28.8 Å². The highest BCUT2D eigenvalue weighted by molar-refractivity contribution is 5.97. The Morgan fingerprint density at radius 3 is 2.43 bits per heavy atom. The zero-order valence-corrected chi connectivity index (χ0v) is 20.4. The van der Waals surface area contributed by atoms with E-state index in [9.17, 15) is 9.59 Å². The van der Waals surface area contributed by atoms with Crippen LogP contribution in [0, 0.1) is 6.92 Å². The summed E-state index contributed by atoms with van der Waals surface area (Å²) in [6, 6.07) is 19.4. The van der Waals surface area contributed by atoms with Gasteiger partial charge in [0.2, 0.25) is 0 Å². The molecular formula is C28H29N3O4. The summed E-state index contributed by atoms with van der Waals surface area (Å²) in [5.41, 5.74) is 6.95. The second-order valence-corrected chi connectivity index (χ2v) is 8.38. The van der Waals surface area contributed by atoms with Crippen molar-refractivity contribution < 1.29 is 19.1 Å². The van der Waals surface area contributed by atoms with Crippen LogP contribution in [0.15, 0.2) is 60.7 Å². The largest absolute Gasteiger partial charge is 0.465 e. The minimum atomic E-state index is -0.508. The monoisotopic (exact) mass is 471 g/mol. The predicted octanol–water partition coefficient (Wildman–Crippen LogP) is 5.98. The summed E-state index contributed by atoms with van der Waals surface area (Å²) < 4.78 is 11.9. The highest BCUT2D eigenvalue weighted by atomic mass is 16.5. The number of ether oxygens (including phenoxy) is 2. The van der Waals surface area contributed by atoms with Gasteiger partial charge in [0.15, 0.2) is 0 Å². The highest BCUT2D eigenvalue weighted by Gasteiger charge is 2.16. The molecule has 0 radical (unpaired) electrons. The molecule has 0 aliphatic heterocycles. The van der Waals surface area contributed by atoms with Crippen LogP contribution < -0.4 is 5.32 Å². The summed E-state index contributed by atoms with van der Waals surface area (Å²) in [4.78, 5) is 28.9. The number of methoxy groups -OCH3 is 2. The standard InChI is InChI=1S/C28H29N3O4/c1-5-8-25-30-26-18(2)15-21(29-28(33)35-4)16-24(26)31(25)17-19-11-13-20(14-12-19)22-9-6-7-10-23(22)27(32)34-3/h6-7,9-16H,5,8,17H2,1-4H3,(H,29,33). The molecule has 1 amide bonds. The molecule has 1 aromatic heterocycles. The van der Waals surface area contributed by atoms with Crippen LogP contribution in [0.5, 0.6) is 0 Å². The maximum atomic E-state index is 12.2.